The van der Waals surface area contributed by atoms with Crippen LogP contribution in [-0.2, 0) is 4.79 Å². The quantitative estimate of drug-likeness (QED) is 0.588. The van der Waals surface area contributed by atoms with Crippen molar-refractivity contribution in [1.29, 1.82) is 0 Å². The molecule has 1 aromatic heterocycles. The molecule has 6 heteroatoms. The third-order valence-corrected chi connectivity index (χ3v) is 6.35. The summed E-state index contributed by atoms with van der Waals surface area (Å²) in [6.07, 6.45) is 1.23. The average Bonchev–Trinajstić information content (AvgIpc) is 3.18. The van der Waals surface area contributed by atoms with E-state index in [1.165, 1.54) is 5.56 Å². The normalized spacial score (nSPS) is 19.8. The number of anilines is 1. The van der Waals surface area contributed by atoms with Gasteiger partial charge in [-0.15, -0.1) is 0 Å². The van der Waals surface area contributed by atoms with Gasteiger partial charge in [0.2, 0.25) is 5.88 Å². The lowest BCUT2D eigenvalue weighted by atomic mass is 9.72. The van der Waals surface area contributed by atoms with E-state index < -0.39 is 0 Å². The van der Waals surface area contributed by atoms with Crippen molar-refractivity contribution in [2.45, 2.75) is 38.5 Å². The fourth-order valence-electron chi connectivity index (χ4n) is 4.91. The predicted octanol–water partition coefficient (Wildman–Crippen LogP) is 5.35. The topological polar surface area (TPSA) is 73.6 Å². The maximum absolute atomic E-state index is 13.6. The van der Waals surface area contributed by atoms with Gasteiger partial charge in [0.05, 0.1) is 25.0 Å². The van der Waals surface area contributed by atoms with Gasteiger partial charge in [-0.2, -0.15) is 0 Å². The van der Waals surface area contributed by atoms with Crippen molar-refractivity contribution in [1.82, 2.24) is 5.16 Å². The van der Waals surface area contributed by atoms with Gasteiger partial charge in [0.25, 0.3) is 0 Å². The molecule has 0 unspecified atom stereocenters. The molecule has 6 nitrogen and oxygen atoms in total. The minimum Gasteiger partial charge on any atom is -0.493 e. The van der Waals surface area contributed by atoms with Crippen LogP contribution in [0.25, 0.3) is 0 Å². The molecule has 1 N–H and O–H groups in total. The number of hydrogen-bond acceptors (Lipinski definition) is 6. The first-order chi connectivity index (χ1) is 15.6. The summed E-state index contributed by atoms with van der Waals surface area (Å²) in [5.41, 5.74) is 5.52. The van der Waals surface area contributed by atoms with E-state index in [-0.39, 0.29) is 17.6 Å². The van der Waals surface area contributed by atoms with E-state index in [0.717, 1.165) is 34.5 Å². The summed E-state index contributed by atoms with van der Waals surface area (Å²) in [4.78, 5) is 13.6. The number of rotatable bonds is 5. The molecule has 0 fully saturated rings. The fraction of sp³-hybridized carbons (Fsp3) is 0.308. The number of carbonyl (C=O) groups is 1. The lowest BCUT2D eigenvalue weighted by molar-refractivity contribution is -0.116. The zero-order valence-electron chi connectivity index (χ0n) is 18.5. The second kappa shape index (κ2) is 8.19. The summed E-state index contributed by atoms with van der Waals surface area (Å²) in [5, 5.41) is 7.58. The van der Waals surface area contributed by atoms with E-state index in [2.05, 4.69) is 22.6 Å². The van der Waals surface area contributed by atoms with Crippen LogP contribution in [-0.4, -0.2) is 24.7 Å². The van der Waals surface area contributed by atoms with Gasteiger partial charge in [-0.05, 0) is 49.4 Å². The summed E-state index contributed by atoms with van der Waals surface area (Å²) in [6, 6.07) is 16.1. The Bertz CT molecular complexity index is 1200. The molecule has 0 radical (unpaired) electrons. The molecule has 3 aromatic rings. The smallest absolute Gasteiger partial charge is 0.233 e. The minimum atomic E-state index is -0.262. The summed E-state index contributed by atoms with van der Waals surface area (Å²) in [6.45, 7) is 4.37. The minimum absolute atomic E-state index is 0.135. The van der Waals surface area contributed by atoms with Crippen LogP contribution in [0.4, 0.5) is 5.88 Å². The Kier molecular flexibility index (Phi) is 5.21. The first-order valence-corrected chi connectivity index (χ1v) is 11.0. The van der Waals surface area contributed by atoms with Crippen LogP contribution >= 0.6 is 0 Å². The van der Waals surface area contributed by atoms with Crippen molar-refractivity contribution < 1.29 is 18.8 Å². The lowest BCUT2D eigenvalue weighted by Gasteiger charge is -2.34. The number of ketones is 1. The molecule has 32 heavy (non-hydrogen) atoms. The number of fused-ring (bicyclic) bond motifs is 1. The highest BCUT2D eigenvalue weighted by atomic mass is 16.5. The molecule has 1 aliphatic carbocycles. The van der Waals surface area contributed by atoms with Gasteiger partial charge in [0, 0.05) is 23.6 Å². The standard InChI is InChI=1S/C26H26N2O4/c1-4-31-22-14-17(10-11-21(22)30-3)24-23-15(2)28-32-26(23)27-19-12-18(13-20(29)25(19)24)16-8-6-5-7-9-16/h5-11,14,18,24,27H,4,12-13H2,1-3H3/t18-,24-/m0/s1. The van der Waals surface area contributed by atoms with Crippen LogP contribution < -0.4 is 14.8 Å². The van der Waals surface area contributed by atoms with E-state index in [9.17, 15) is 4.79 Å². The molecule has 0 saturated heterocycles. The molecule has 2 atom stereocenters. The van der Waals surface area contributed by atoms with Gasteiger partial charge in [-0.1, -0.05) is 41.6 Å². The third kappa shape index (κ3) is 3.36. The number of ether oxygens (including phenoxy) is 2. The van der Waals surface area contributed by atoms with Gasteiger partial charge < -0.3 is 19.3 Å². The SMILES string of the molecule is CCOc1cc([C@@H]2C3=C(C[C@H](c4ccccc4)CC3=O)Nc3onc(C)c32)ccc1OC. The number of methoxy groups -OCH3 is 1. The Hall–Kier alpha value is -3.54. The highest BCUT2D eigenvalue weighted by Gasteiger charge is 2.41. The Morgan fingerprint density at radius 2 is 1.91 bits per heavy atom. The highest BCUT2D eigenvalue weighted by molar-refractivity contribution is 6.01. The molecule has 5 rings (SSSR count). The number of nitrogens with zero attached hydrogens (tertiary/aromatic N) is 1. The van der Waals surface area contributed by atoms with E-state index in [1.54, 1.807) is 7.11 Å². The van der Waals surface area contributed by atoms with Crippen LogP contribution in [0.15, 0.2) is 64.3 Å². The Labute approximate surface area is 187 Å². The molecular weight excluding hydrogens is 404 g/mol. The number of hydrogen-bond donors (Lipinski definition) is 1. The molecule has 0 bridgehead atoms. The van der Waals surface area contributed by atoms with Crippen LogP contribution in [0.5, 0.6) is 11.5 Å². The van der Waals surface area contributed by atoms with Gasteiger partial charge >= 0.3 is 0 Å². The van der Waals surface area contributed by atoms with Crippen molar-refractivity contribution in [3.05, 3.63) is 82.2 Å². The fourth-order valence-corrected chi connectivity index (χ4v) is 4.91. The van der Waals surface area contributed by atoms with Gasteiger partial charge in [0.15, 0.2) is 17.3 Å². The molecule has 0 spiro atoms. The van der Waals surface area contributed by atoms with Crippen LogP contribution in [0.2, 0.25) is 0 Å². The van der Waals surface area contributed by atoms with Crippen LogP contribution in [0, 0.1) is 6.92 Å². The molecule has 2 aromatic carbocycles. The lowest BCUT2D eigenvalue weighted by Crippen LogP contribution is -2.29. The van der Waals surface area contributed by atoms with Gasteiger partial charge in [-0.3, -0.25) is 4.79 Å². The maximum Gasteiger partial charge on any atom is 0.233 e. The van der Waals surface area contributed by atoms with Gasteiger partial charge in [0.1, 0.15) is 0 Å². The number of aryl methyl sites for hydroxylation is 1. The van der Waals surface area contributed by atoms with Crippen molar-refractivity contribution in [2.24, 2.45) is 0 Å². The predicted molar refractivity (Wildman–Crippen MR) is 121 cm³/mol. The van der Waals surface area contributed by atoms with Crippen molar-refractivity contribution in [3.8, 4) is 11.5 Å². The van der Waals surface area contributed by atoms with Gasteiger partial charge in [-0.25, -0.2) is 0 Å². The number of carbonyl (C=O) groups excluding carboxylic acids is 1. The van der Waals surface area contributed by atoms with E-state index in [4.69, 9.17) is 14.0 Å². The first-order valence-electron chi connectivity index (χ1n) is 11.0. The van der Waals surface area contributed by atoms with Crippen molar-refractivity contribution in [2.75, 3.05) is 19.0 Å². The molecule has 2 aliphatic rings. The second-order valence-corrected chi connectivity index (χ2v) is 8.24. The van der Waals surface area contributed by atoms with Crippen molar-refractivity contribution in [3.63, 3.8) is 0 Å². The number of Topliss-reactive ketones (excluding diaryl/α,β-unsaturated/α-hetero) is 1. The second-order valence-electron chi connectivity index (χ2n) is 8.24. The third-order valence-electron chi connectivity index (χ3n) is 6.35. The summed E-state index contributed by atoms with van der Waals surface area (Å²) in [7, 11) is 1.62. The Morgan fingerprint density at radius 1 is 1.09 bits per heavy atom. The number of aromatic nitrogens is 1. The summed E-state index contributed by atoms with van der Waals surface area (Å²) >= 11 is 0. The average molecular weight is 431 g/mol. The molecule has 2 heterocycles. The molecule has 0 saturated carbocycles. The number of benzene rings is 2. The number of nitrogens with one attached hydrogen (secondary N) is 1. The Balaban J connectivity index is 1.63. The molecule has 0 amide bonds. The highest BCUT2D eigenvalue weighted by Crippen LogP contribution is 2.49. The molecule has 1 aliphatic heterocycles. The largest absolute Gasteiger partial charge is 0.493 e. The van der Waals surface area contributed by atoms with Crippen LogP contribution in [0.3, 0.4) is 0 Å². The zero-order valence-corrected chi connectivity index (χ0v) is 18.5. The molecular formula is C26H26N2O4. The summed E-state index contributed by atoms with van der Waals surface area (Å²) < 4.78 is 16.9. The van der Waals surface area contributed by atoms with E-state index in [0.29, 0.717) is 30.4 Å². The number of allylic oxidation sites excluding steroid dienone is 2. The first kappa shape index (κ1) is 20.4. The van der Waals surface area contributed by atoms with Crippen molar-refractivity contribution >= 4 is 11.7 Å². The zero-order chi connectivity index (χ0) is 22.2. The Morgan fingerprint density at radius 3 is 2.66 bits per heavy atom. The van der Waals surface area contributed by atoms with E-state index >= 15 is 0 Å². The molecule has 164 valence electrons. The monoisotopic (exact) mass is 430 g/mol. The maximum atomic E-state index is 13.6. The summed E-state index contributed by atoms with van der Waals surface area (Å²) in [5.74, 6) is 1.96. The van der Waals surface area contributed by atoms with E-state index in [1.807, 2.05) is 50.2 Å². The van der Waals surface area contributed by atoms with Crippen LogP contribution in [0.1, 0.15) is 54.0 Å².